The van der Waals surface area contributed by atoms with Gasteiger partial charge in [-0.05, 0) is 43.9 Å². The molecule has 8 nitrogen and oxygen atoms in total. The standard InChI is InChI=1S/C28H32N4O4/c1-18-21(15-19-16-22(34-2)26(36-4)23(17-19)35-3)28(33)32-27(29-18)25(31-13-9-6-10-14-31)24(30-32)20-11-7-5-8-12-20/h5,7-8,11-12,16-17,30H,6,9-10,13-15H2,1-4H3. The number of hydrogen-bond donors (Lipinski definition) is 1. The van der Waals surface area contributed by atoms with E-state index in [-0.39, 0.29) is 5.56 Å². The van der Waals surface area contributed by atoms with Crippen LogP contribution in [-0.2, 0) is 6.42 Å². The summed E-state index contributed by atoms with van der Waals surface area (Å²) in [6.45, 7) is 3.81. The highest BCUT2D eigenvalue weighted by Gasteiger charge is 2.25. The maximum atomic E-state index is 13.9. The van der Waals surface area contributed by atoms with Crippen molar-refractivity contribution in [2.45, 2.75) is 32.6 Å². The van der Waals surface area contributed by atoms with Crippen molar-refractivity contribution in [3.8, 4) is 28.5 Å². The number of piperidine rings is 1. The van der Waals surface area contributed by atoms with Crippen LogP contribution in [0.2, 0.25) is 0 Å². The van der Waals surface area contributed by atoms with E-state index in [0.717, 1.165) is 48.4 Å². The molecule has 188 valence electrons. The van der Waals surface area contributed by atoms with Gasteiger partial charge in [0.25, 0.3) is 5.56 Å². The van der Waals surface area contributed by atoms with E-state index in [1.54, 1.807) is 25.8 Å². The molecule has 0 amide bonds. The van der Waals surface area contributed by atoms with Crippen LogP contribution in [0, 0.1) is 6.92 Å². The third kappa shape index (κ3) is 4.17. The number of aromatic nitrogens is 3. The SMILES string of the molecule is COc1cc(Cc2c(C)nc3c(N4CCCCC4)c(-c4ccccc4)[nH]n3c2=O)cc(OC)c1OC. The fraction of sp³-hybridized carbons (Fsp3) is 0.357. The highest BCUT2D eigenvalue weighted by molar-refractivity contribution is 5.86. The van der Waals surface area contributed by atoms with E-state index in [0.29, 0.717) is 40.6 Å². The van der Waals surface area contributed by atoms with Gasteiger partial charge in [-0.15, -0.1) is 0 Å². The number of nitrogens with one attached hydrogen (secondary N) is 1. The Labute approximate surface area is 210 Å². The van der Waals surface area contributed by atoms with Gasteiger partial charge >= 0.3 is 0 Å². The predicted octanol–water partition coefficient (Wildman–Crippen LogP) is 4.60. The van der Waals surface area contributed by atoms with Gasteiger partial charge in [-0.25, -0.2) is 4.98 Å². The third-order valence-electron chi connectivity index (χ3n) is 6.90. The van der Waals surface area contributed by atoms with Crippen LogP contribution in [0.5, 0.6) is 17.2 Å². The zero-order chi connectivity index (χ0) is 25.2. The van der Waals surface area contributed by atoms with Gasteiger partial charge in [0.15, 0.2) is 17.1 Å². The van der Waals surface area contributed by atoms with Gasteiger partial charge in [0.05, 0.1) is 27.0 Å². The molecule has 5 rings (SSSR count). The van der Waals surface area contributed by atoms with E-state index in [1.807, 2.05) is 37.3 Å². The van der Waals surface area contributed by atoms with E-state index in [1.165, 1.54) is 6.42 Å². The molecule has 4 aromatic rings. The molecule has 2 aromatic carbocycles. The Kier molecular flexibility index (Phi) is 6.59. The Morgan fingerprint density at radius 2 is 1.61 bits per heavy atom. The maximum Gasteiger partial charge on any atom is 0.276 e. The molecule has 2 aromatic heterocycles. The third-order valence-corrected chi connectivity index (χ3v) is 6.90. The van der Waals surface area contributed by atoms with Crippen LogP contribution < -0.4 is 24.7 Å². The molecule has 1 N–H and O–H groups in total. The number of methoxy groups -OCH3 is 3. The lowest BCUT2D eigenvalue weighted by Gasteiger charge is -2.28. The second-order valence-electron chi connectivity index (χ2n) is 9.10. The molecular formula is C28H32N4O4. The van der Waals surface area contributed by atoms with Gasteiger partial charge in [-0.1, -0.05) is 30.3 Å². The summed E-state index contributed by atoms with van der Waals surface area (Å²) in [5.41, 5.74) is 5.73. The lowest BCUT2D eigenvalue weighted by Crippen LogP contribution is -2.30. The van der Waals surface area contributed by atoms with Crippen LogP contribution in [0.3, 0.4) is 0 Å². The molecule has 1 aliphatic heterocycles. The second kappa shape index (κ2) is 9.97. The van der Waals surface area contributed by atoms with Gasteiger partial charge < -0.3 is 19.1 Å². The molecule has 0 saturated carbocycles. The van der Waals surface area contributed by atoms with Crippen molar-refractivity contribution in [2.75, 3.05) is 39.3 Å². The Balaban J connectivity index is 1.66. The molecule has 0 aliphatic carbocycles. The van der Waals surface area contributed by atoms with E-state index in [2.05, 4.69) is 22.1 Å². The van der Waals surface area contributed by atoms with Gasteiger partial charge in [0.2, 0.25) is 5.75 Å². The maximum absolute atomic E-state index is 13.9. The van der Waals surface area contributed by atoms with Gasteiger partial charge in [-0.3, -0.25) is 9.89 Å². The first kappa shape index (κ1) is 23.8. The van der Waals surface area contributed by atoms with Crippen molar-refractivity contribution in [1.29, 1.82) is 0 Å². The molecule has 0 bridgehead atoms. The van der Waals surface area contributed by atoms with E-state index >= 15 is 0 Å². The van der Waals surface area contributed by atoms with E-state index in [4.69, 9.17) is 19.2 Å². The Hall–Kier alpha value is -3.94. The molecule has 0 spiro atoms. The van der Waals surface area contributed by atoms with Gasteiger partial charge in [0.1, 0.15) is 5.69 Å². The molecular weight excluding hydrogens is 456 g/mol. The molecule has 1 saturated heterocycles. The molecule has 0 atom stereocenters. The minimum atomic E-state index is -0.105. The molecule has 36 heavy (non-hydrogen) atoms. The van der Waals surface area contributed by atoms with Crippen molar-refractivity contribution < 1.29 is 14.2 Å². The Morgan fingerprint density at radius 3 is 2.22 bits per heavy atom. The molecule has 1 aliphatic rings. The number of H-pyrrole nitrogens is 1. The lowest BCUT2D eigenvalue weighted by molar-refractivity contribution is 0.324. The quantitative estimate of drug-likeness (QED) is 0.409. The topological polar surface area (TPSA) is 81.1 Å². The molecule has 8 heteroatoms. The molecule has 0 radical (unpaired) electrons. The summed E-state index contributed by atoms with van der Waals surface area (Å²) in [4.78, 5) is 21.2. The number of aryl methyl sites for hydroxylation is 1. The Morgan fingerprint density at radius 1 is 0.944 bits per heavy atom. The van der Waals surface area contributed by atoms with E-state index < -0.39 is 0 Å². The summed E-state index contributed by atoms with van der Waals surface area (Å²) in [5, 5.41) is 3.39. The second-order valence-corrected chi connectivity index (χ2v) is 9.10. The van der Waals surface area contributed by atoms with Gasteiger partial charge in [0, 0.05) is 36.3 Å². The van der Waals surface area contributed by atoms with Crippen LogP contribution in [0.4, 0.5) is 5.69 Å². The largest absolute Gasteiger partial charge is 0.493 e. The van der Waals surface area contributed by atoms with Gasteiger partial charge in [-0.2, -0.15) is 4.52 Å². The van der Waals surface area contributed by atoms with Crippen molar-refractivity contribution >= 4 is 11.3 Å². The highest BCUT2D eigenvalue weighted by atomic mass is 16.5. The van der Waals surface area contributed by atoms with Crippen LogP contribution >= 0.6 is 0 Å². The van der Waals surface area contributed by atoms with Crippen LogP contribution in [0.15, 0.2) is 47.3 Å². The van der Waals surface area contributed by atoms with Crippen LogP contribution in [-0.4, -0.2) is 49.0 Å². The van der Waals surface area contributed by atoms with Crippen molar-refractivity contribution in [1.82, 2.24) is 14.6 Å². The smallest absolute Gasteiger partial charge is 0.276 e. The summed E-state index contributed by atoms with van der Waals surface area (Å²) in [6.07, 6.45) is 3.88. The molecule has 0 unspecified atom stereocenters. The summed E-state index contributed by atoms with van der Waals surface area (Å²) in [7, 11) is 4.74. The average Bonchev–Trinajstić information content (AvgIpc) is 3.30. The molecule has 3 heterocycles. The zero-order valence-electron chi connectivity index (χ0n) is 21.3. The van der Waals surface area contributed by atoms with Crippen LogP contribution in [0.25, 0.3) is 16.9 Å². The normalized spacial score (nSPS) is 13.7. The summed E-state index contributed by atoms with van der Waals surface area (Å²) >= 11 is 0. The average molecular weight is 489 g/mol. The first-order valence-corrected chi connectivity index (χ1v) is 12.3. The highest BCUT2D eigenvalue weighted by Crippen LogP contribution is 2.39. The fourth-order valence-electron chi connectivity index (χ4n) is 5.07. The lowest BCUT2D eigenvalue weighted by atomic mass is 10.0. The number of anilines is 1. The molecule has 1 fully saturated rings. The zero-order valence-corrected chi connectivity index (χ0v) is 21.3. The summed E-state index contributed by atoms with van der Waals surface area (Å²) in [6, 6.07) is 13.9. The number of hydrogen-bond acceptors (Lipinski definition) is 6. The Bertz CT molecular complexity index is 1410. The minimum absolute atomic E-state index is 0.105. The van der Waals surface area contributed by atoms with Crippen LogP contribution in [0.1, 0.15) is 36.1 Å². The minimum Gasteiger partial charge on any atom is -0.493 e. The number of aromatic amines is 1. The number of rotatable bonds is 7. The van der Waals surface area contributed by atoms with Crippen molar-refractivity contribution in [2.24, 2.45) is 0 Å². The van der Waals surface area contributed by atoms with E-state index in [9.17, 15) is 4.79 Å². The summed E-state index contributed by atoms with van der Waals surface area (Å²) in [5.74, 6) is 1.63. The number of fused-ring (bicyclic) bond motifs is 1. The first-order chi connectivity index (χ1) is 17.5. The summed E-state index contributed by atoms with van der Waals surface area (Å²) < 4.78 is 18.1. The van der Waals surface area contributed by atoms with Crippen molar-refractivity contribution in [3.63, 3.8) is 0 Å². The number of ether oxygens (including phenoxy) is 3. The number of benzene rings is 2. The number of nitrogens with zero attached hydrogens (tertiary/aromatic N) is 3. The van der Waals surface area contributed by atoms with Crippen molar-refractivity contribution in [3.05, 3.63) is 69.6 Å². The predicted molar refractivity (Wildman–Crippen MR) is 141 cm³/mol. The fourth-order valence-corrected chi connectivity index (χ4v) is 5.07. The first-order valence-electron chi connectivity index (χ1n) is 12.3. The monoisotopic (exact) mass is 488 g/mol.